The summed E-state index contributed by atoms with van der Waals surface area (Å²) in [5.74, 6) is 1.33. The molecule has 1 aliphatic heterocycles. The van der Waals surface area contributed by atoms with E-state index < -0.39 is 5.54 Å². The summed E-state index contributed by atoms with van der Waals surface area (Å²) in [7, 11) is 0. The van der Waals surface area contributed by atoms with Gasteiger partial charge in [0.1, 0.15) is 0 Å². The molecule has 1 aromatic heterocycles. The number of hydrogen-bond acceptors (Lipinski definition) is 6. The molecule has 5 nitrogen and oxygen atoms in total. The minimum absolute atomic E-state index is 0. The van der Waals surface area contributed by atoms with Crippen LogP contribution in [0, 0.1) is 0 Å². The zero-order chi connectivity index (χ0) is 18.3. The standard InChI is InChI=1S/C21H22N4OS.ClH/c22-21(12-5-6-13-21)20-23-19(26-24-20)11-14-25-15-7-1-3-9-17(15)27-18-10-4-2-8-16(18)25;/h1-4,7-10H,5-6,11-14,22H2;1H. The average molecular weight is 415 g/mol. The largest absolute Gasteiger partial charge is 0.339 e. The molecule has 0 spiro atoms. The predicted molar refractivity (Wildman–Crippen MR) is 114 cm³/mol. The number of fused-ring (bicyclic) bond motifs is 2. The van der Waals surface area contributed by atoms with Crippen LogP contribution in [-0.2, 0) is 12.0 Å². The maximum atomic E-state index is 6.46. The molecule has 0 saturated heterocycles. The van der Waals surface area contributed by atoms with Gasteiger partial charge in [0.2, 0.25) is 5.89 Å². The number of benzene rings is 2. The van der Waals surface area contributed by atoms with Crippen molar-refractivity contribution in [3.05, 3.63) is 60.2 Å². The first-order valence-corrected chi connectivity index (χ1v) is 10.3. The van der Waals surface area contributed by atoms with Crippen LogP contribution in [0.5, 0.6) is 0 Å². The Bertz CT molecular complexity index is 925. The van der Waals surface area contributed by atoms with Crippen LogP contribution in [0.15, 0.2) is 62.8 Å². The Hall–Kier alpha value is -2.02. The molecule has 2 aliphatic rings. The van der Waals surface area contributed by atoms with Crippen LogP contribution < -0.4 is 10.6 Å². The maximum Gasteiger partial charge on any atom is 0.228 e. The molecule has 28 heavy (non-hydrogen) atoms. The number of nitrogens with zero attached hydrogens (tertiary/aromatic N) is 3. The number of para-hydroxylation sites is 2. The number of aromatic nitrogens is 2. The molecule has 146 valence electrons. The smallest absolute Gasteiger partial charge is 0.228 e. The fraction of sp³-hybridized carbons (Fsp3) is 0.333. The molecule has 0 bridgehead atoms. The van der Waals surface area contributed by atoms with Crippen molar-refractivity contribution in [2.45, 2.75) is 47.4 Å². The van der Waals surface area contributed by atoms with E-state index in [1.165, 1.54) is 21.2 Å². The normalized spacial score (nSPS) is 17.0. The highest BCUT2D eigenvalue weighted by Gasteiger charge is 2.36. The van der Waals surface area contributed by atoms with Crippen molar-refractivity contribution in [2.24, 2.45) is 5.73 Å². The van der Waals surface area contributed by atoms with Gasteiger partial charge in [-0.1, -0.05) is 54.0 Å². The molecule has 3 aromatic rings. The summed E-state index contributed by atoms with van der Waals surface area (Å²) in [5, 5.41) is 4.19. The fourth-order valence-corrected chi connectivity index (χ4v) is 5.11. The van der Waals surface area contributed by atoms with Crippen LogP contribution in [0.25, 0.3) is 0 Å². The summed E-state index contributed by atoms with van der Waals surface area (Å²) in [6, 6.07) is 17.0. The third kappa shape index (κ3) is 3.41. The van der Waals surface area contributed by atoms with E-state index >= 15 is 0 Å². The van der Waals surface area contributed by atoms with Crippen molar-refractivity contribution in [2.75, 3.05) is 11.4 Å². The number of hydrogen-bond donors (Lipinski definition) is 1. The van der Waals surface area contributed by atoms with Gasteiger partial charge in [-0.2, -0.15) is 4.98 Å². The molecule has 2 heterocycles. The topological polar surface area (TPSA) is 68.2 Å². The molecule has 0 amide bonds. The Balaban J connectivity index is 0.00000192. The van der Waals surface area contributed by atoms with Crippen molar-refractivity contribution in [3.63, 3.8) is 0 Å². The molecular weight excluding hydrogens is 392 g/mol. The van der Waals surface area contributed by atoms with E-state index in [1.807, 2.05) is 11.8 Å². The lowest BCUT2D eigenvalue weighted by Crippen LogP contribution is -2.34. The van der Waals surface area contributed by atoms with Crippen LogP contribution in [0.2, 0.25) is 0 Å². The second-order valence-corrected chi connectivity index (χ2v) is 8.40. The Morgan fingerprint density at radius 2 is 1.61 bits per heavy atom. The number of halogens is 1. The van der Waals surface area contributed by atoms with E-state index in [1.54, 1.807) is 0 Å². The van der Waals surface area contributed by atoms with Gasteiger partial charge < -0.3 is 15.2 Å². The van der Waals surface area contributed by atoms with Crippen LogP contribution in [-0.4, -0.2) is 16.7 Å². The highest BCUT2D eigenvalue weighted by molar-refractivity contribution is 7.99. The average Bonchev–Trinajstić information content (AvgIpc) is 3.35. The zero-order valence-electron chi connectivity index (χ0n) is 15.5. The molecule has 1 aliphatic carbocycles. The minimum atomic E-state index is -0.400. The summed E-state index contributed by atoms with van der Waals surface area (Å²) in [6.45, 7) is 0.786. The van der Waals surface area contributed by atoms with Gasteiger partial charge in [0.25, 0.3) is 0 Å². The van der Waals surface area contributed by atoms with Crippen LogP contribution in [0.1, 0.15) is 37.4 Å². The molecule has 1 saturated carbocycles. The van der Waals surface area contributed by atoms with E-state index in [-0.39, 0.29) is 12.4 Å². The summed E-state index contributed by atoms with van der Waals surface area (Å²) < 4.78 is 5.54. The summed E-state index contributed by atoms with van der Waals surface area (Å²) in [5.41, 5.74) is 8.52. The lowest BCUT2D eigenvalue weighted by atomic mass is 9.99. The molecule has 0 radical (unpaired) electrons. The Morgan fingerprint density at radius 3 is 2.25 bits per heavy atom. The van der Waals surface area contributed by atoms with Crippen molar-refractivity contribution in [1.29, 1.82) is 0 Å². The monoisotopic (exact) mass is 414 g/mol. The molecule has 2 aromatic carbocycles. The van der Waals surface area contributed by atoms with Gasteiger partial charge in [0.05, 0.1) is 16.9 Å². The molecule has 1 fully saturated rings. The van der Waals surface area contributed by atoms with Gasteiger partial charge in [0, 0.05) is 22.8 Å². The number of rotatable bonds is 4. The maximum absolute atomic E-state index is 6.46. The van der Waals surface area contributed by atoms with Gasteiger partial charge in [0.15, 0.2) is 5.82 Å². The number of anilines is 2. The van der Waals surface area contributed by atoms with E-state index in [9.17, 15) is 0 Å². The SMILES string of the molecule is Cl.NC1(c2noc(CCN3c4ccccc4Sc4ccccc43)n2)CCCC1. The predicted octanol–water partition coefficient (Wildman–Crippen LogP) is 5.06. The van der Waals surface area contributed by atoms with E-state index in [0.29, 0.717) is 18.1 Å². The van der Waals surface area contributed by atoms with Crippen LogP contribution in [0.4, 0.5) is 11.4 Å². The summed E-state index contributed by atoms with van der Waals surface area (Å²) in [6.07, 6.45) is 4.85. The van der Waals surface area contributed by atoms with Gasteiger partial charge in [-0.15, -0.1) is 12.4 Å². The highest BCUT2D eigenvalue weighted by Crippen LogP contribution is 2.47. The number of nitrogens with two attached hydrogens (primary N) is 1. The third-order valence-electron chi connectivity index (χ3n) is 5.49. The fourth-order valence-electron chi connectivity index (χ4n) is 4.02. The van der Waals surface area contributed by atoms with Gasteiger partial charge >= 0.3 is 0 Å². The Morgan fingerprint density at radius 1 is 1.00 bits per heavy atom. The first kappa shape index (κ1) is 19.3. The molecular formula is C21H23ClN4OS. The van der Waals surface area contributed by atoms with Crippen molar-refractivity contribution < 1.29 is 4.52 Å². The van der Waals surface area contributed by atoms with Crippen molar-refractivity contribution >= 4 is 35.5 Å². The first-order valence-electron chi connectivity index (χ1n) is 9.48. The second-order valence-electron chi connectivity index (χ2n) is 7.31. The van der Waals surface area contributed by atoms with Crippen molar-refractivity contribution in [1.82, 2.24) is 10.1 Å². The Labute approximate surface area is 175 Å². The zero-order valence-corrected chi connectivity index (χ0v) is 17.1. The molecule has 0 unspecified atom stereocenters. The minimum Gasteiger partial charge on any atom is -0.339 e. The molecule has 5 rings (SSSR count). The van der Waals surface area contributed by atoms with E-state index in [0.717, 1.165) is 32.2 Å². The van der Waals surface area contributed by atoms with Crippen LogP contribution in [0.3, 0.4) is 0 Å². The van der Waals surface area contributed by atoms with Crippen molar-refractivity contribution in [3.8, 4) is 0 Å². The van der Waals surface area contributed by atoms with Gasteiger partial charge in [-0.3, -0.25) is 0 Å². The van der Waals surface area contributed by atoms with Gasteiger partial charge in [-0.25, -0.2) is 0 Å². The lowest BCUT2D eigenvalue weighted by molar-refractivity contribution is 0.349. The molecule has 2 N–H and O–H groups in total. The molecule has 0 atom stereocenters. The summed E-state index contributed by atoms with van der Waals surface area (Å²) >= 11 is 1.82. The van der Waals surface area contributed by atoms with E-state index in [2.05, 4.69) is 63.6 Å². The lowest BCUT2D eigenvalue weighted by Gasteiger charge is -2.32. The quantitative estimate of drug-likeness (QED) is 0.643. The molecule has 7 heteroatoms. The Kier molecular flexibility index (Phi) is 5.36. The van der Waals surface area contributed by atoms with Gasteiger partial charge in [-0.05, 0) is 37.1 Å². The second kappa shape index (κ2) is 7.78. The van der Waals surface area contributed by atoms with Crippen LogP contribution >= 0.6 is 24.2 Å². The highest BCUT2D eigenvalue weighted by atomic mass is 35.5. The third-order valence-corrected chi connectivity index (χ3v) is 6.62. The summed E-state index contributed by atoms with van der Waals surface area (Å²) in [4.78, 5) is 9.52. The first-order chi connectivity index (χ1) is 13.2. The van der Waals surface area contributed by atoms with E-state index in [4.69, 9.17) is 10.3 Å².